The summed E-state index contributed by atoms with van der Waals surface area (Å²) in [5, 5.41) is 2.68. The first-order chi connectivity index (χ1) is 8.30. The molecule has 1 atom stereocenters. The molecular weight excluding hydrogens is 248 g/mol. The Morgan fingerprint density at radius 1 is 1.44 bits per heavy atom. The van der Waals surface area contributed by atoms with E-state index in [-0.39, 0.29) is 5.91 Å². The monoisotopic (exact) mass is 266 g/mol. The molecule has 18 heavy (non-hydrogen) atoms. The Hall–Kier alpha value is -1.49. The van der Waals surface area contributed by atoms with Gasteiger partial charge in [0.1, 0.15) is 5.54 Å². The van der Waals surface area contributed by atoms with Crippen molar-refractivity contribution in [3.63, 3.8) is 0 Å². The predicted octanol–water partition coefficient (Wildman–Crippen LogP) is 1.67. The molecule has 0 aliphatic rings. The standard InChI is InChI=1S/C13H18N2O2S/c1-4-13(3,12(14)17)15-11(16)10-7-9(18)6-5-8(10)2/h5-7,18H,4H2,1-3H3,(H2,14,17)(H,15,16). The molecule has 0 radical (unpaired) electrons. The number of thiol groups is 1. The van der Waals surface area contributed by atoms with Gasteiger partial charge >= 0.3 is 0 Å². The minimum absolute atomic E-state index is 0.313. The Balaban J connectivity index is 3.02. The lowest BCUT2D eigenvalue weighted by atomic mass is 9.97. The Morgan fingerprint density at radius 3 is 2.56 bits per heavy atom. The lowest BCUT2D eigenvalue weighted by Gasteiger charge is -2.26. The number of carbonyl (C=O) groups is 2. The van der Waals surface area contributed by atoms with E-state index in [2.05, 4.69) is 17.9 Å². The van der Waals surface area contributed by atoms with Crippen LogP contribution in [0.4, 0.5) is 0 Å². The third-order valence-corrected chi connectivity index (χ3v) is 3.38. The molecule has 98 valence electrons. The van der Waals surface area contributed by atoms with Crippen LogP contribution in [0.2, 0.25) is 0 Å². The molecule has 1 aromatic rings. The van der Waals surface area contributed by atoms with E-state index in [4.69, 9.17) is 5.73 Å². The largest absolute Gasteiger partial charge is 0.368 e. The minimum Gasteiger partial charge on any atom is -0.368 e. The molecule has 1 rings (SSSR count). The van der Waals surface area contributed by atoms with Crippen LogP contribution >= 0.6 is 12.6 Å². The van der Waals surface area contributed by atoms with Crippen LogP contribution in [0.5, 0.6) is 0 Å². The fourth-order valence-electron chi connectivity index (χ4n) is 1.50. The van der Waals surface area contributed by atoms with Crippen LogP contribution in [0.1, 0.15) is 36.2 Å². The quantitative estimate of drug-likeness (QED) is 0.725. The minimum atomic E-state index is -1.03. The van der Waals surface area contributed by atoms with Gasteiger partial charge in [-0.1, -0.05) is 13.0 Å². The molecule has 0 saturated carbocycles. The highest BCUT2D eigenvalue weighted by atomic mass is 32.1. The SMILES string of the molecule is CCC(C)(NC(=O)c1cc(S)ccc1C)C(N)=O. The van der Waals surface area contributed by atoms with Crippen LogP contribution in [0.25, 0.3) is 0 Å². The van der Waals surface area contributed by atoms with Crippen LogP contribution in [-0.2, 0) is 4.79 Å². The number of rotatable bonds is 4. The summed E-state index contributed by atoms with van der Waals surface area (Å²) in [7, 11) is 0. The topological polar surface area (TPSA) is 72.2 Å². The molecule has 1 aromatic carbocycles. The zero-order valence-corrected chi connectivity index (χ0v) is 11.7. The summed E-state index contributed by atoms with van der Waals surface area (Å²) in [5.74, 6) is -0.857. The lowest BCUT2D eigenvalue weighted by molar-refractivity contribution is -0.123. The summed E-state index contributed by atoms with van der Waals surface area (Å²) in [6.07, 6.45) is 0.438. The zero-order valence-electron chi connectivity index (χ0n) is 10.8. The van der Waals surface area contributed by atoms with Crippen molar-refractivity contribution in [1.82, 2.24) is 5.32 Å². The first-order valence-electron chi connectivity index (χ1n) is 5.72. The fourth-order valence-corrected chi connectivity index (χ4v) is 1.70. The predicted molar refractivity (Wildman–Crippen MR) is 73.8 cm³/mol. The molecule has 5 heteroatoms. The van der Waals surface area contributed by atoms with Gasteiger partial charge in [0.25, 0.3) is 5.91 Å². The highest BCUT2D eigenvalue weighted by Gasteiger charge is 2.31. The number of hydrogen-bond acceptors (Lipinski definition) is 3. The molecule has 0 spiro atoms. The molecule has 1 unspecified atom stereocenters. The molecule has 0 aromatic heterocycles. The summed E-state index contributed by atoms with van der Waals surface area (Å²) < 4.78 is 0. The Kier molecular flexibility index (Phi) is 4.40. The van der Waals surface area contributed by atoms with E-state index < -0.39 is 11.4 Å². The van der Waals surface area contributed by atoms with Gasteiger partial charge in [0.2, 0.25) is 5.91 Å². The van der Waals surface area contributed by atoms with E-state index >= 15 is 0 Å². The first kappa shape index (κ1) is 14.6. The third kappa shape index (κ3) is 3.04. The van der Waals surface area contributed by atoms with E-state index in [1.807, 2.05) is 19.1 Å². The van der Waals surface area contributed by atoms with Crippen LogP contribution < -0.4 is 11.1 Å². The van der Waals surface area contributed by atoms with Crippen LogP contribution in [0.3, 0.4) is 0 Å². The van der Waals surface area contributed by atoms with Gasteiger partial charge in [-0.2, -0.15) is 0 Å². The highest BCUT2D eigenvalue weighted by molar-refractivity contribution is 7.80. The summed E-state index contributed by atoms with van der Waals surface area (Å²) in [5.41, 5.74) is 5.61. The van der Waals surface area contributed by atoms with Crippen molar-refractivity contribution in [2.75, 3.05) is 0 Å². The van der Waals surface area contributed by atoms with Crippen molar-refractivity contribution in [3.8, 4) is 0 Å². The zero-order chi connectivity index (χ0) is 13.9. The second-order valence-electron chi connectivity index (χ2n) is 4.50. The van der Waals surface area contributed by atoms with Crippen molar-refractivity contribution in [3.05, 3.63) is 29.3 Å². The van der Waals surface area contributed by atoms with Gasteiger partial charge in [-0.25, -0.2) is 0 Å². The smallest absolute Gasteiger partial charge is 0.252 e. The lowest BCUT2D eigenvalue weighted by Crippen LogP contribution is -2.55. The van der Waals surface area contributed by atoms with Gasteiger partial charge in [0, 0.05) is 10.5 Å². The molecule has 0 saturated heterocycles. The molecule has 0 aliphatic carbocycles. The molecule has 0 heterocycles. The molecule has 2 amide bonds. The maximum Gasteiger partial charge on any atom is 0.252 e. The van der Waals surface area contributed by atoms with Crippen molar-refractivity contribution in [1.29, 1.82) is 0 Å². The summed E-state index contributed by atoms with van der Waals surface area (Å²) in [4.78, 5) is 24.2. The number of aryl methyl sites for hydroxylation is 1. The van der Waals surface area contributed by atoms with Crippen molar-refractivity contribution >= 4 is 24.4 Å². The summed E-state index contributed by atoms with van der Waals surface area (Å²) in [6, 6.07) is 5.29. The number of carbonyl (C=O) groups excluding carboxylic acids is 2. The fraction of sp³-hybridized carbons (Fsp3) is 0.385. The number of hydrogen-bond donors (Lipinski definition) is 3. The van der Waals surface area contributed by atoms with Crippen LogP contribution in [-0.4, -0.2) is 17.4 Å². The van der Waals surface area contributed by atoms with Crippen LogP contribution in [0.15, 0.2) is 23.1 Å². The third-order valence-electron chi connectivity index (χ3n) is 3.11. The van der Waals surface area contributed by atoms with Crippen molar-refractivity contribution in [2.45, 2.75) is 37.6 Å². The Labute approximate surface area is 112 Å². The van der Waals surface area contributed by atoms with Gasteiger partial charge in [0.05, 0.1) is 0 Å². The number of nitrogens with one attached hydrogen (secondary N) is 1. The first-order valence-corrected chi connectivity index (χ1v) is 6.17. The molecular formula is C13H18N2O2S. The maximum absolute atomic E-state index is 12.1. The van der Waals surface area contributed by atoms with Gasteiger partial charge in [-0.3, -0.25) is 9.59 Å². The number of amides is 2. The molecule has 0 bridgehead atoms. The molecule has 3 N–H and O–H groups in total. The summed E-state index contributed by atoms with van der Waals surface area (Å²) in [6.45, 7) is 5.25. The second-order valence-corrected chi connectivity index (χ2v) is 5.02. The van der Waals surface area contributed by atoms with E-state index in [9.17, 15) is 9.59 Å². The van der Waals surface area contributed by atoms with E-state index in [1.54, 1.807) is 19.9 Å². The maximum atomic E-state index is 12.1. The van der Waals surface area contributed by atoms with E-state index in [0.717, 1.165) is 5.56 Å². The van der Waals surface area contributed by atoms with Gasteiger partial charge in [-0.15, -0.1) is 12.6 Å². The van der Waals surface area contributed by atoms with Crippen molar-refractivity contribution < 1.29 is 9.59 Å². The highest BCUT2D eigenvalue weighted by Crippen LogP contribution is 2.16. The summed E-state index contributed by atoms with van der Waals surface area (Å²) >= 11 is 4.20. The van der Waals surface area contributed by atoms with Gasteiger partial charge in [0.15, 0.2) is 0 Å². The Bertz CT molecular complexity index is 488. The normalized spacial score (nSPS) is 13.8. The van der Waals surface area contributed by atoms with Crippen molar-refractivity contribution in [2.24, 2.45) is 5.73 Å². The molecule has 4 nitrogen and oxygen atoms in total. The molecule has 0 fully saturated rings. The van der Waals surface area contributed by atoms with E-state index in [1.165, 1.54) is 0 Å². The van der Waals surface area contributed by atoms with E-state index in [0.29, 0.717) is 16.9 Å². The Morgan fingerprint density at radius 2 is 2.06 bits per heavy atom. The second kappa shape index (κ2) is 5.44. The van der Waals surface area contributed by atoms with Gasteiger partial charge < -0.3 is 11.1 Å². The average molecular weight is 266 g/mol. The number of nitrogens with two attached hydrogens (primary N) is 1. The van der Waals surface area contributed by atoms with Crippen LogP contribution in [0, 0.1) is 6.92 Å². The number of primary amides is 1. The number of benzene rings is 1. The average Bonchev–Trinajstić information content (AvgIpc) is 2.31. The molecule has 0 aliphatic heterocycles. The van der Waals surface area contributed by atoms with Gasteiger partial charge in [-0.05, 0) is 38.0 Å².